The van der Waals surface area contributed by atoms with Crippen molar-refractivity contribution in [3.8, 4) is 0 Å². The van der Waals surface area contributed by atoms with Crippen LogP contribution in [0.25, 0.3) is 11.1 Å². The van der Waals surface area contributed by atoms with E-state index in [0.29, 0.717) is 37.3 Å². The predicted molar refractivity (Wildman–Crippen MR) is 249 cm³/mol. The molecule has 324 valence electrons. The van der Waals surface area contributed by atoms with Gasteiger partial charge in [-0.3, -0.25) is 9.59 Å². The number of nitrogens with one attached hydrogen (secondary N) is 3. The van der Waals surface area contributed by atoms with Crippen molar-refractivity contribution in [2.75, 3.05) is 67.5 Å². The Kier molecular flexibility index (Phi) is 17.0. The molecule has 61 heavy (non-hydrogen) atoms. The van der Waals surface area contributed by atoms with Gasteiger partial charge in [0.15, 0.2) is 0 Å². The third-order valence-corrected chi connectivity index (χ3v) is 10.6. The largest absolute Gasteiger partial charge is 0.444 e. The van der Waals surface area contributed by atoms with E-state index >= 15 is 0 Å². The van der Waals surface area contributed by atoms with Crippen LogP contribution in [0, 0.1) is 0 Å². The van der Waals surface area contributed by atoms with Crippen molar-refractivity contribution in [1.29, 1.82) is 0 Å². The molecule has 0 aliphatic heterocycles. The number of nitrogens with two attached hydrogens (primary N) is 1. The Hall–Kier alpha value is -5.55. The van der Waals surface area contributed by atoms with E-state index in [-0.39, 0.29) is 11.8 Å². The van der Waals surface area contributed by atoms with Gasteiger partial charge in [0.05, 0.1) is 0 Å². The molecule has 0 saturated heterocycles. The van der Waals surface area contributed by atoms with E-state index in [1.807, 2.05) is 45.0 Å². The summed E-state index contributed by atoms with van der Waals surface area (Å²) >= 11 is 0. The number of hydrogen-bond donors (Lipinski definition) is 4. The van der Waals surface area contributed by atoms with Gasteiger partial charge in [0.2, 0.25) is 0 Å². The van der Waals surface area contributed by atoms with Gasteiger partial charge in [0.1, 0.15) is 5.60 Å². The third-order valence-electron chi connectivity index (χ3n) is 10.6. The van der Waals surface area contributed by atoms with Crippen LogP contribution in [0.4, 0.5) is 4.79 Å². The molecule has 4 aromatic rings. The number of aryl methyl sites for hydroxylation is 4. The quantitative estimate of drug-likeness (QED) is 0.104. The Bertz CT molecular complexity index is 2200. The summed E-state index contributed by atoms with van der Waals surface area (Å²) in [6.07, 6.45) is 9.98. The summed E-state index contributed by atoms with van der Waals surface area (Å²) in [5, 5.41) is 8.43. The topological polar surface area (TPSA) is 129 Å². The summed E-state index contributed by atoms with van der Waals surface area (Å²) < 4.78 is 5.22. The van der Waals surface area contributed by atoms with Crippen LogP contribution in [0.1, 0.15) is 98.8 Å². The molecule has 0 radical (unpaired) electrons. The van der Waals surface area contributed by atoms with Gasteiger partial charge in [-0.25, -0.2) is 4.79 Å². The fourth-order valence-corrected chi connectivity index (χ4v) is 7.62. The second-order valence-corrected chi connectivity index (χ2v) is 17.2. The summed E-state index contributed by atoms with van der Waals surface area (Å²) in [5.74, 6) is -0.215. The number of nitrogens with zero attached hydrogens (tertiary/aromatic N) is 2. The van der Waals surface area contributed by atoms with Crippen molar-refractivity contribution in [3.63, 3.8) is 0 Å². The van der Waals surface area contributed by atoms with Crippen molar-refractivity contribution in [2.45, 2.75) is 64.9 Å². The van der Waals surface area contributed by atoms with Gasteiger partial charge in [0, 0.05) is 50.4 Å². The smallest absolute Gasteiger partial charge is 0.407 e. The standard InChI is InChI=1S/C28H37N3O3.C23H29N3O/c1-28(2,3)34-27(33)30-17-16-29-26(32)22-15-14-21-13-12-20-9-6-7-10-23(20)24(25(21)19-22)11-8-18-31(4)5;1-26(2)15-5-8-21-20-7-4-3-6-17(20)9-10-18-11-12-19(16-22(18)21)23(27)25-14-13-24/h6-7,9-11,14-15,19H,8,12-13,16-18H2,1-5H3,(H,29,32)(H,30,33);3-4,6-8,11-12,16H,5,9-10,13-15,24H2,1-2H3,(H,25,27)/b24-11-;21-8-. The molecule has 0 fully saturated rings. The molecule has 4 aromatic carbocycles. The second kappa shape index (κ2) is 22.3. The summed E-state index contributed by atoms with van der Waals surface area (Å²) in [5.41, 5.74) is 18.8. The molecule has 0 atom stereocenters. The Morgan fingerprint density at radius 3 is 1.43 bits per heavy atom. The number of carbonyl (C=O) groups is 3. The summed E-state index contributed by atoms with van der Waals surface area (Å²) in [4.78, 5) is 41.4. The van der Waals surface area contributed by atoms with E-state index < -0.39 is 11.7 Å². The lowest BCUT2D eigenvalue weighted by molar-refractivity contribution is 0.0526. The number of fused-ring (bicyclic) bond motifs is 4. The van der Waals surface area contributed by atoms with E-state index in [2.05, 4.69) is 127 Å². The lowest BCUT2D eigenvalue weighted by atomic mass is 9.91. The molecule has 10 heteroatoms. The number of amides is 3. The number of carbonyl (C=O) groups excluding carboxylic acids is 3. The van der Waals surface area contributed by atoms with Crippen LogP contribution in [0.15, 0.2) is 97.1 Å². The zero-order chi connectivity index (χ0) is 43.9. The van der Waals surface area contributed by atoms with Gasteiger partial charge in [-0.1, -0.05) is 72.8 Å². The predicted octanol–water partition coefficient (Wildman–Crippen LogP) is 7.28. The van der Waals surface area contributed by atoms with Gasteiger partial charge in [-0.05, 0) is 167 Å². The molecule has 5 N–H and O–H groups in total. The first-order valence-electron chi connectivity index (χ1n) is 21.6. The first-order valence-corrected chi connectivity index (χ1v) is 21.6. The normalized spacial score (nSPS) is 14.4. The van der Waals surface area contributed by atoms with Gasteiger partial charge < -0.3 is 36.2 Å². The highest BCUT2D eigenvalue weighted by molar-refractivity contribution is 5.97. The summed E-state index contributed by atoms with van der Waals surface area (Å²) in [7, 11) is 8.34. The van der Waals surface area contributed by atoms with E-state index in [1.54, 1.807) is 0 Å². The Balaban J connectivity index is 0.000000237. The molecule has 10 nitrogen and oxygen atoms in total. The van der Waals surface area contributed by atoms with Crippen molar-refractivity contribution in [3.05, 3.63) is 153 Å². The number of alkyl carbamates (subject to hydrolysis) is 1. The van der Waals surface area contributed by atoms with Crippen LogP contribution in [-0.4, -0.2) is 101 Å². The maximum absolute atomic E-state index is 12.9. The molecule has 0 bridgehead atoms. The fraction of sp³-hybridized carbons (Fsp3) is 0.392. The molecular formula is C51H66N6O4. The zero-order valence-corrected chi connectivity index (χ0v) is 37.3. The lowest BCUT2D eigenvalue weighted by Crippen LogP contribution is -2.37. The number of hydrogen-bond acceptors (Lipinski definition) is 7. The van der Waals surface area contributed by atoms with Crippen molar-refractivity contribution in [2.24, 2.45) is 5.73 Å². The highest BCUT2D eigenvalue weighted by Gasteiger charge is 2.22. The average Bonchev–Trinajstić information content (AvgIpc) is 3.48. The molecule has 0 unspecified atom stereocenters. The maximum Gasteiger partial charge on any atom is 0.407 e. The van der Waals surface area contributed by atoms with Crippen LogP contribution < -0.4 is 21.7 Å². The highest BCUT2D eigenvalue weighted by Crippen LogP contribution is 2.36. The molecule has 0 spiro atoms. The zero-order valence-electron chi connectivity index (χ0n) is 37.3. The molecule has 0 heterocycles. The first kappa shape index (κ1) is 46.5. The lowest BCUT2D eigenvalue weighted by Gasteiger charge is -2.19. The first-order chi connectivity index (χ1) is 29.2. The van der Waals surface area contributed by atoms with E-state index in [1.165, 1.54) is 50.1 Å². The highest BCUT2D eigenvalue weighted by atomic mass is 16.6. The van der Waals surface area contributed by atoms with Crippen LogP contribution >= 0.6 is 0 Å². The molecule has 3 amide bonds. The minimum absolute atomic E-state index is 0.0616. The Morgan fingerprint density at radius 1 is 0.590 bits per heavy atom. The molecule has 6 rings (SSSR count). The van der Waals surface area contributed by atoms with Crippen LogP contribution in [0.3, 0.4) is 0 Å². The number of ether oxygens (including phenoxy) is 1. The van der Waals surface area contributed by atoms with Gasteiger partial charge >= 0.3 is 6.09 Å². The van der Waals surface area contributed by atoms with Crippen molar-refractivity contribution >= 4 is 29.1 Å². The van der Waals surface area contributed by atoms with Crippen molar-refractivity contribution in [1.82, 2.24) is 25.8 Å². The fourth-order valence-electron chi connectivity index (χ4n) is 7.62. The van der Waals surface area contributed by atoms with E-state index in [4.69, 9.17) is 10.5 Å². The van der Waals surface area contributed by atoms with Crippen LogP contribution in [0.5, 0.6) is 0 Å². The maximum atomic E-state index is 12.9. The SMILES string of the molecule is CN(C)CC/C=C1/c2ccccc2CCc2ccc(C(=O)NCCN)cc21.CN(C)CC/C=C1/c2ccccc2CCc2ccc(C(=O)NCCNC(=O)OC(C)(C)C)cc21. The Labute approximate surface area is 363 Å². The second-order valence-electron chi connectivity index (χ2n) is 17.2. The van der Waals surface area contributed by atoms with Gasteiger partial charge in [-0.2, -0.15) is 0 Å². The van der Waals surface area contributed by atoms with Crippen molar-refractivity contribution < 1.29 is 19.1 Å². The van der Waals surface area contributed by atoms with Gasteiger partial charge in [0.25, 0.3) is 11.8 Å². The monoisotopic (exact) mass is 827 g/mol. The van der Waals surface area contributed by atoms with E-state index in [0.717, 1.165) is 57.2 Å². The summed E-state index contributed by atoms with van der Waals surface area (Å²) in [6, 6.07) is 29.2. The minimum Gasteiger partial charge on any atom is -0.444 e. The third kappa shape index (κ3) is 13.7. The average molecular weight is 827 g/mol. The summed E-state index contributed by atoms with van der Waals surface area (Å²) in [6.45, 7) is 8.96. The molecule has 2 aliphatic rings. The molecular weight excluding hydrogens is 761 g/mol. The molecule has 2 aliphatic carbocycles. The van der Waals surface area contributed by atoms with Gasteiger partial charge in [-0.15, -0.1) is 0 Å². The Morgan fingerprint density at radius 2 is 1.00 bits per heavy atom. The minimum atomic E-state index is -0.550. The van der Waals surface area contributed by atoms with Crippen LogP contribution in [-0.2, 0) is 30.4 Å². The molecule has 0 saturated carbocycles. The molecule has 0 aromatic heterocycles. The van der Waals surface area contributed by atoms with E-state index in [9.17, 15) is 14.4 Å². The number of benzene rings is 4. The number of rotatable bonds is 13. The van der Waals surface area contributed by atoms with Crippen LogP contribution in [0.2, 0.25) is 0 Å².